The van der Waals surface area contributed by atoms with Crippen molar-refractivity contribution in [3.63, 3.8) is 0 Å². The van der Waals surface area contributed by atoms with Crippen molar-refractivity contribution in [1.82, 2.24) is 5.32 Å². The van der Waals surface area contributed by atoms with Crippen molar-refractivity contribution in [3.8, 4) is 0 Å². The molecule has 0 aliphatic heterocycles. The summed E-state index contributed by atoms with van der Waals surface area (Å²) in [6.45, 7) is 7.16. The van der Waals surface area contributed by atoms with E-state index in [2.05, 4.69) is 59.4 Å². The van der Waals surface area contributed by atoms with Gasteiger partial charge in [0, 0.05) is 30.7 Å². The van der Waals surface area contributed by atoms with Gasteiger partial charge in [-0.3, -0.25) is 0 Å². The van der Waals surface area contributed by atoms with E-state index < -0.39 is 0 Å². The lowest BCUT2D eigenvalue weighted by molar-refractivity contribution is 0.146. The largest absolute Gasteiger partial charge is 0.384 e. The van der Waals surface area contributed by atoms with Gasteiger partial charge in [0.05, 0.1) is 0 Å². The Balaban J connectivity index is 2.85. The van der Waals surface area contributed by atoms with Crippen LogP contribution in [0, 0.1) is 5.92 Å². The molecule has 0 aliphatic carbocycles. The lowest BCUT2D eigenvalue weighted by Gasteiger charge is -2.25. The minimum absolute atomic E-state index is 0.477. The van der Waals surface area contributed by atoms with Gasteiger partial charge in [-0.1, -0.05) is 48.0 Å². The summed E-state index contributed by atoms with van der Waals surface area (Å²) < 4.78 is 6.47. The molecule has 0 saturated carbocycles. The van der Waals surface area contributed by atoms with Crippen LogP contribution < -0.4 is 5.32 Å². The second kappa shape index (κ2) is 7.85. The summed E-state index contributed by atoms with van der Waals surface area (Å²) in [5.41, 5.74) is 1.36. The van der Waals surface area contributed by atoms with Gasteiger partial charge in [0.15, 0.2) is 0 Å². The van der Waals surface area contributed by atoms with Crippen LogP contribution >= 0.6 is 15.9 Å². The summed E-state index contributed by atoms with van der Waals surface area (Å²) in [4.78, 5) is 0. The quantitative estimate of drug-likeness (QED) is 0.833. The van der Waals surface area contributed by atoms with Crippen molar-refractivity contribution in [1.29, 1.82) is 0 Å². The Labute approximate surface area is 113 Å². The molecule has 0 fully saturated rings. The van der Waals surface area contributed by atoms with E-state index in [0.29, 0.717) is 11.8 Å². The van der Waals surface area contributed by atoms with E-state index in [0.717, 1.165) is 19.7 Å². The van der Waals surface area contributed by atoms with Crippen molar-refractivity contribution in [2.24, 2.45) is 5.92 Å². The third-order valence-corrected chi connectivity index (χ3v) is 3.76. The zero-order valence-electron chi connectivity index (χ0n) is 10.9. The minimum atomic E-state index is 0.477. The molecule has 2 unspecified atom stereocenters. The number of hydrogen-bond acceptors (Lipinski definition) is 2. The van der Waals surface area contributed by atoms with Crippen LogP contribution in [0.3, 0.4) is 0 Å². The average molecular weight is 300 g/mol. The first-order valence-electron chi connectivity index (χ1n) is 6.14. The minimum Gasteiger partial charge on any atom is -0.384 e. The first-order chi connectivity index (χ1) is 8.20. The van der Waals surface area contributed by atoms with E-state index in [1.807, 2.05) is 0 Å². The van der Waals surface area contributed by atoms with Crippen molar-refractivity contribution in [2.75, 3.05) is 26.8 Å². The van der Waals surface area contributed by atoms with E-state index in [9.17, 15) is 0 Å². The van der Waals surface area contributed by atoms with Crippen LogP contribution in [0.15, 0.2) is 28.7 Å². The summed E-state index contributed by atoms with van der Waals surface area (Å²) in [6, 6.07) is 8.45. The summed E-state index contributed by atoms with van der Waals surface area (Å²) in [6.07, 6.45) is 0. The molecule has 2 atom stereocenters. The molecule has 2 nitrogen and oxygen atoms in total. The second-order valence-corrected chi connectivity index (χ2v) is 5.22. The fourth-order valence-corrected chi connectivity index (χ4v) is 2.65. The zero-order chi connectivity index (χ0) is 12.7. The van der Waals surface area contributed by atoms with Crippen molar-refractivity contribution >= 4 is 15.9 Å². The molecule has 0 heterocycles. The molecule has 1 aromatic carbocycles. The Kier molecular flexibility index (Phi) is 6.78. The van der Waals surface area contributed by atoms with Crippen LogP contribution in [0.1, 0.15) is 25.3 Å². The van der Waals surface area contributed by atoms with Crippen LogP contribution in [0.25, 0.3) is 0 Å². The molecule has 3 heteroatoms. The van der Waals surface area contributed by atoms with E-state index >= 15 is 0 Å². The predicted molar refractivity (Wildman–Crippen MR) is 76.5 cm³/mol. The Morgan fingerprint density at radius 1 is 1.35 bits per heavy atom. The number of nitrogens with one attached hydrogen (secondary N) is 1. The van der Waals surface area contributed by atoms with Crippen LogP contribution in [-0.4, -0.2) is 26.8 Å². The zero-order valence-corrected chi connectivity index (χ0v) is 12.5. The first-order valence-corrected chi connectivity index (χ1v) is 6.94. The molecule has 0 spiro atoms. The lowest BCUT2D eigenvalue weighted by Crippen LogP contribution is -2.27. The summed E-state index contributed by atoms with van der Waals surface area (Å²) in [5, 5.41) is 3.44. The van der Waals surface area contributed by atoms with Gasteiger partial charge in [-0.2, -0.15) is 0 Å². The van der Waals surface area contributed by atoms with Crippen molar-refractivity contribution in [2.45, 2.75) is 19.8 Å². The summed E-state index contributed by atoms with van der Waals surface area (Å²) in [7, 11) is 1.76. The Morgan fingerprint density at radius 2 is 2.06 bits per heavy atom. The molecule has 17 heavy (non-hydrogen) atoms. The number of hydrogen-bond donors (Lipinski definition) is 1. The fourth-order valence-electron chi connectivity index (χ4n) is 2.07. The number of ether oxygens (including phenoxy) is 1. The maximum Gasteiger partial charge on any atom is 0.0494 e. The summed E-state index contributed by atoms with van der Waals surface area (Å²) in [5.74, 6) is 0.975. The maximum absolute atomic E-state index is 5.28. The van der Waals surface area contributed by atoms with Gasteiger partial charge in [-0.05, 0) is 24.1 Å². The van der Waals surface area contributed by atoms with Crippen molar-refractivity contribution in [3.05, 3.63) is 34.3 Å². The van der Waals surface area contributed by atoms with Gasteiger partial charge in [-0.15, -0.1) is 0 Å². The molecule has 0 bridgehead atoms. The molecule has 0 aromatic heterocycles. The van der Waals surface area contributed by atoms with Crippen molar-refractivity contribution < 1.29 is 4.74 Å². The van der Waals surface area contributed by atoms with Gasteiger partial charge in [0.2, 0.25) is 0 Å². The monoisotopic (exact) mass is 299 g/mol. The van der Waals surface area contributed by atoms with Gasteiger partial charge < -0.3 is 10.1 Å². The Hall–Kier alpha value is -0.380. The molecule has 96 valence electrons. The smallest absolute Gasteiger partial charge is 0.0494 e. The highest BCUT2D eigenvalue weighted by Crippen LogP contribution is 2.30. The SMILES string of the molecule is CCNCC(c1ccccc1Br)C(C)COC. The molecule has 1 aromatic rings. The molecule has 0 saturated heterocycles. The van der Waals surface area contributed by atoms with E-state index in [1.165, 1.54) is 10.0 Å². The number of methoxy groups -OCH3 is 1. The van der Waals surface area contributed by atoms with E-state index in [4.69, 9.17) is 4.74 Å². The highest BCUT2D eigenvalue weighted by Gasteiger charge is 2.20. The van der Waals surface area contributed by atoms with Gasteiger partial charge in [0.1, 0.15) is 0 Å². The molecule has 0 amide bonds. The first kappa shape index (κ1) is 14.7. The van der Waals surface area contributed by atoms with Crippen LogP contribution in [-0.2, 0) is 4.74 Å². The van der Waals surface area contributed by atoms with Gasteiger partial charge in [0.25, 0.3) is 0 Å². The average Bonchev–Trinajstić information content (AvgIpc) is 2.32. The van der Waals surface area contributed by atoms with Gasteiger partial charge >= 0.3 is 0 Å². The van der Waals surface area contributed by atoms with Crippen LogP contribution in [0.4, 0.5) is 0 Å². The molecule has 1 rings (SSSR count). The molecular formula is C14H22BrNO. The molecule has 0 radical (unpaired) electrons. The number of benzene rings is 1. The van der Waals surface area contributed by atoms with E-state index in [1.54, 1.807) is 7.11 Å². The number of halogens is 1. The normalized spacial score (nSPS) is 14.6. The topological polar surface area (TPSA) is 21.3 Å². The van der Waals surface area contributed by atoms with Gasteiger partial charge in [-0.25, -0.2) is 0 Å². The van der Waals surface area contributed by atoms with Crippen LogP contribution in [0.5, 0.6) is 0 Å². The summed E-state index contributed by atoms with van der Waals surface area (Å²) >= 11 is 3.64. The Morgan fingerprint density at radius 3 is 2.65 bits per heavy atom. The third kappa shape index (κ3) is 4.41. The highest BCUT2D eigenvalue weighted by atomic mass is 79.9. The highest BCUT2D eigenvalue weighted by molar-refractivity contribution is 9.10. The fraction of sp³-hybridized carbons (Fsp3) is 0.571. The maximum atomic E-state index is 5.28. The van der Waals surface area contributed by atoms with Crippen LogP contribution in [0.2, 0.25) is 0 Å². The Bertz CT molecular complexity index is 330. The number of likely N-dealkylation sites (N-methyl/N-ethyl adjacent to an activating group) is 1. The molecular weight excluding hydrogens is 278 g/mol. The van der Waals surface area contributed by atoms with E-state index in [-0.39, 0.29) is 0 Å². The third-order valence-electron chi connectivity index (χ3n) is 3.04. The second-order valence-electron chi connectivity index (χ2n) is 4.37. The molecule has 0 aliphatic rings. The lowest BCUT2D eigenvalue weighted by atomic mass is 9.87. The number of rotatable bonds is 7. The standard InChI is InChI=1S/C14H22BrNO/c1-4-16-9-13(11(2)10-17-3)12-7-5-6-8-14(12)15/h5-8,11,13,16H,4,9-10H2,1-3H3. The molecule has 1 N–H and O–H groups in total. The predicted octanol–water partition coefficient (Wildman–Crippen LogP) is 3.42.